The van der Waals surface area contributed by atoms with Crippen LogP contribution >= 0.6 is 0 Å². The van der Waals surface area contributed by atoms with E-state index in [-0.39, 0.29) is 5.75 Å². The summed E-state index contributed by atoms with van der Waals surface area (Å²) in [6, 6.07) is 7.21. The van der Waals surface area contributed by atoms with E-state index in [0.717, 1.165) is 6.08 Å². The number of rotatable bonds is 2. The first-order valence-corrected chi connectivity index (χ1v) is 3.68. The van der Waals surface area contributed by atoms with Gasteiger partial charge in [-0.15, -0.1) is 0 Å². The van der Waals surface area contributed by atoms with Crippen molar-refractivity contribution in [3.63, 3.8) is 0 Å². The summed E-state index contributed by atoms with van der Waals surface area (Å²) in [6.07, 6.45) is 1.14. The number of nitriles is 1. The molecule has 0 bridgehead atoms. The van der Waals surface area contributed by atoms with E-state index in [2.05, 4.69) is 0 Å². The van der Waals surface area contributed by atoms with E-state index in [1.165, 1.54) is 30.3 Å². The Hall–Kier alpha value is -2.35. The van der Waals surface area contributed by atoms with Crippen molar-refractivity contribution in [1.82, 2.24) is 0 Å². The molecule has 0 heterocycles. The molecule has 0 saturated carbocycles. The first-order valence-electron chi connectivity index (χ1n) is 3.68. The van der Waals surface area contributed by atoms with E-state index in [1.54, 1.807) is 0 Å². The van der Waals surface area contributed by atoms with E-state index < -0.39 is 10.6 Å². The van der Waals surface area contributed by atoms with Crippen molar-refractivity contribution in [2.75, 3.05) is 0 Å². The molecule has 5 nitrogen and oxygen atoms in total. The predicted molar refractivity (Wildman–Crippen MR) is 48.7 cm³/mol. The van der Waals surface area contributed by atoms with Crippen LogP contribution in [0.4, 0.5) is 0 Å². The first kappa shape index (κ1) is 9.74. The first-order chi connectivity index (χ1) is 6.63. The number of aromatic hydroxyl groups is 1. The smallest absolute Gasteiger partial charge is 0.346 e. The molecule has 0 aliphatic rings. The molecule has 0 fully saturated rings. The second kappa shape index (κ2) is 4.05. The molecule has 0 aliphatic heterocycles. The number of nitro groups is 1. The van der Waals surface area contributed by atoms with Gasteiger partial charge in [-0.25, -0.2) is 0 Å². The van der Waals surface area contributed by atoms with Crippen LogP contribution in [0.1, 0.15) is 5.56 Å². The Morgan fingerprint density at radius 1 is 1.50 bits per heavy atom. The lowest BCUT2D eigenvalue weighted by molar-refractivity contribution is -0.415. The van der Waals surface area contributed by atoms with Gasteiger partial charge in [0.05, 0.1) is 4.92 Å². The number of phenolic OH excluding ortho intramolecular Hbond substituents is 1. The molecule has 1 N–H and O–H groups in total. The quantitative estimate of drug-likeness (QED) is 0.435. The van der Waals surface area contributed by atoms with Crippen molar-refractivity contribution in [2.24, 2.45) is 0 Å². The number of hydrogen-bond donors (Lipinski definition) is 1. The van der Waals surface area contributed by atoms with Gasteiger partial charge in [0, 0.05) is 6.08 Å². The van der Waals surface area contributed by atoms with Crippen LogP contribution < -0.4 is 0 Å². The van der Waals surface area contributed by atoms with Crippen LogP contribution in [-0.4, -0.2) is 10.0 Å². The third-order valence-electron chi connectivity index (χ3n) is 1.51. The lowest BCUT2D eigenvalue weighted by Crippen LogP contribution is -1.94. The van der Waals surface area contributed by atoms with E-state index in [0.29, 0.717) is 5.56 Å². The van der Waals surface area contributed by atoms with Gasteiger partial charge in [-0.05, 0) is 17.7 Å². The summed E-state index contributed by atoms with van der Waals surface area (Å²) in [6.45, 7) is 0. The van der Waals surface area contributed by atoms with E-state index in [4.69, 9.17) is 10.4 Å². The van der Waals surface area contributed by atoms with Crippen LogP contribution in [0.3, 0.4) is 0 Å². The summed E-state index contributed by atoms with van der Waals surface area (Å²) < 4.78 is 0. The number of hydrogen-bond acceptors (Lipinski definition) is 4. The maximum atomic E-state index is 10.3. The highest BCUT2D eigenvalue weighted by Gasteiger charge is 2.07. The highest BCUT2D eigenvalue weighted by Crippen LogP contribution is 2.12. The van der Waals surface area contributed by atoms with Crippen LogP contribution in [0.25, 0.3) is 6.08 Å². The summed E-state index contributed by atoms with van der Waals surface area (Å²) in [7, 11) is 0. The average Bonchev–Trinajstić information content (AvgIpc) is 2.16. The molecule has 0 amide bonds. The van der Waals surface area contributed by atoms with Crippen LogP contribution in [0, 0.1) is 21.4 Å². The number of phenols is 1. The van der Waals surface area contributed by atoms with Gasteiger partial charge >= 0.3 is 5.70 Å². The molecule has 0 radical (unpaired) electrons. The molecule has 0 saturated heterocycles. The monoisotopic (exact) mass is 190 g/mol. The molecule has 5 heteroatoms. The van der Waals surface area contributed by atoms with Gasteiger partial charge in [0.25, 0.3) is 0 Å². The van der Waals surface area contributed by atoms with Crippen molar-refractivity contribution >= 4 is 6.08 Å². The zero-order valence-corrected chi connectivity index (χ0v) is 7.04. The van der Waals surface area contributed by atoms with E-state index >= 15 is 0 Å². The highest BCUT2D eigenvalue weighted by molar-refractivity contribution is 5.55. The van der Waals surface area contributed by atoms with Crippen molar-refractivity contribution in [1.29, 1.82) is 5.26 Å². The van der Waals surface area contributed by atoms with Crippen molar-refractivity contribution in [3.05, 3.63) is 45.6 Å². The van der Waals surface area contributed by atoms with Crippen LogP contribution in [0.15, 0.2) is 30.0 Å². The predicted octanol–water partition coefficient (Wildman–Crippen LogP) is 1.53. The molecule has 1 rings (SSSR count). The number of benzene rings is 1. The molecular weight excluding hydrogens is 184 g/mol. The maximum absolute atomic E-state index is 10.3. The Morgan fingerprint density at radius 2 is 2.07 bits per heavy atom. The van der Waals surface area contributed by atoms with Gasteiger partial charge in [-0.1, -0.05) is 12.1 Å². The van der Waals surface area contributed by atoms with E-state index in [9.17, 15) is 10.1 Å². The molecule has 0 spiro atoms. The average molecular weight is 190 g/mol. The maximum Gasteiger partial charge on any atom is 0.346 e. The summed E-state index contributed by atoms with van der Waals surface area (Å²) >= 11 is 0. The molecule has 14 heavy (non-hydrogen) atoms. The van der Waals surface area contributed by atoms with Crippen molar-refractivity contribution in [3.8, 4) is 11.8 Å². The summed E-state index contributed by atoms with van der Waals surface area (Å²) in [5.41, 5.74) is -0.0354. The Balaban J connectivity index is 3.03. The molecule has 70 valence electrons. The Labute approximate surface area is 79.7 Å². The fraction of sp³-hybridized carbons (Fsp3) is 0. The SMILES string of the molecule is N#C/C(=C\c1ccc(O)cc1)[N+](=O)[O-]. The van der Waals surface area contributed by atoms with Crippen molar-refractivity contribution < 1.29 is 10.0 Å². The molecule has 0 aliphatic carbocycles. The van der Waals surface area contributed by atoms with E-state index in [1.807, 2.05) is 0 Å². The van der Waals surface area contributed by atoms with Crippen LogP contribution in [0.2, 0.25) is 0 Å². The topological polar surface area (TPSA) is 87.2 Å². The van der Waals surface area contributed by atoms with Gasteiger partial charge < -0.3 is 5.11 Å². The van der Waals surface area contributed by atoms with Gasteiger partial charge in [-0.3, -0.25) is 10.1 Å². The molecule has 1 aromatic carbocycles. The Bertz CT molecular complexity index is 415. The standard InChI is InChI=1S/C9H6N2O3/c10-6-8(11(13)14)5-7-1-3-9(12)4-2-7/h1-5,12H/b8-5+. The Kier molecular flexibility index (Phi) is 2.82. The molecule has 0 atom stereocenters. The number of nitrogens with zero attached hydrogens (tertiary/aromatic N) is 2. The fourth-order valence-corrected chi connectivity index (χ4v) is 0.854. The lowest BCUT2D eigenvalue weighted by Gasteiger charge is -1.92. The fourth-order valence-electron chi connectivity index (χ4n) is 0.854. The second-order valence-corrected chi connectivity index (χ2v) is 2.49. The van der Waals surface area contributed by atoms with Crippen molar-refractivity contribution in [2.45, 2.75) is 0 Å². The van der Waals surface area contributed by atoms with Gasteiger partial charge in [-0.2, -0.15) is 5.26 Å². The minimum atomic E-state index is -0.757. The molecular formula is C9H6N2O3. The van der Waals surface area contributed by atoms with Gasteiger partial charge in [0.15, 0.2) is 6.07 Å². The largest absolute Gasteiger partial charge is 0.508 e. The third kappa shape index (κ3) is 2.32. The van der Waals surface area contributed by atoms with Crippen LogP contribution in [0.5, 0.6) is 5.75 Å². The lowest BCUT2D eigenvalue weighted by atomic mass is 10.2. The summed E-state index contributed by atoms with van der Waals surface area (Å²) in [5, 5.41) is 27.6. The van der Waals surface area contributed by atoms with Gasteiger partial charge in [0.2, 0.25) is 0 Å². The normalized spacial score (nSPS) is 10.6. The zero-order valence-electron chi connectivity index (χ0n) is 7.04. The molecule has 1 aromatic rings. The van der Waals surface area contributed by atoms with Crippen LogP contribution in [-0.2, 0) is 0 Å². The minimum Gasteiger partial charge on any atom is -0.508 e. The summed E-state index contributed by atoms with van der Waals surface area (Å²) in [4.78, 5) is 9.51. The number of allylic oxidation sites excluding steroid dienone is 1. The minimum absolute atomic E-state index is 0.0711. The summed E-state index contributed by atoms with van der Waals surface area (Å²) in [5.74, 6) is 0.0711. The Morgan fingerprint density at radius 3 is 2.50 bits per heavy atom. The molecule has 0 unspecified atom stereocenters. The molecule has 0 aromatic heterocycles. The second-order valence-electron chi connectivity index (χ2n) is 2.49. The zero-order chi connectivity index (χ0) is 10.6. The third-order valence-corrected chi connectivity index (χ3v) is 1.51. The highest BCUT2D eigenvalue weighted by atomic mass is 16.6. The van der Waals surface area contributed by atoms with Gasteiger partial charge in [0.1, 0.15) is 5.75 Å².